The molecule has 0 radical (unpaired) electrons. The summed E-state index contributed by atoms with van der Waals surface area (Å²) in [6.45, 7) is 5.69. The van der Waals surface area contributed by atoms with Crippen LogP contribution in [0.1, 0.15) is 66.2 Å². The molecular formula is C23H34O8. The molecule has 0 N–H and O–H groups in total. The number of hydrogen-bond donors (Lipinski definition) is 0. The summed E-state index contributed by atoms with van der Waals surface area (Å²) in [4.78, 5) is 35.0. The highest BCUT2D eigenvalue weighted by molar-refractivity contribution is 5.67. The molecule has 174 valence electrons. The van der Waals surface area contributed by atoms with Crippen LogP contribution in [0.3, 0.4) is 0 Å². The molecule has 5 fully saturated rings. The highest BCUT2D eigenvalue weighted by Gasteiger charge is 2.56. The van der Waals surface area contributed by atoms with E-state index in [1.54, 1.807) is 0 Å². The van der Waals surface area contributed by atoms with Gasteiger partial charge in [-0.25, -0.2) is 0 Å². The van der Waals surface area contributed by atoms with E-state index in [2.05, 4.69) is 0 Å². The zero-order chi connectivity index (χ0) is 22.3. The lowest BCUT2D eigenvalue weighted by Gasteiger charge is -2.58. The summed E-state index contributed by atoms with van der Waals surface area (Å²) in [7, 11) is 0. The zero-order valence-electron chi connectivity index (χ0n) is 18.8. The van der Waals surface area contributed by atoms with Crippen LogP contribution in [0.5, 0.6) is 0 Å². The Hall–Kier alpha value is -1.67. The van der Waals surface area contributed by atoms with Crippen LogP contribution in [0.2, 0.25) is 0 Å². The van der Waals surface area contributed by atoms with Crippen molar-refractivity contribution in [2.45, 2.75) is 96.4 Å². The first-order valence-electron chi connectivity index (χ1n) is 11.4. The minimum absolute atomic E-state index is 0.113. The van der Waals surface area contributed by atoms with E-state index >= 15 is 0 Å². The van der Waals surface area contributed by atoms with Crippen LogP contribution in [0.15, 0.2) is 0 Å². The average Bonchev–Trinajstić information content (AvgIpc) is 2.63. The molecule has 0 aromatic rings. The minimum Gasteiger partial charge on any atom is -0.463 e. The summed E-state index contributed by atoms with van der Waals surface area (Å²) in [6.07, 6.45) is 3.92. The lowest BCUT2D eigenvalue weighted by Crippen LogP contribution is -2.61. The van der Waals surface area contributed by atoms with Crippen molar-refractivity contribution < 1.29 is 38.1 Å². The van der Waals surface area contributed by atoms with E-state index in [1.165, 1.54) is 40.0 Å². The van der Waals surface area contributed by atoms with E-state index < -0.39 is 42.5 Å². The first-order valence-corrected chi connectivity index (χ1v) is 11.4. The van der Waals surface area contributed by atoms with Crippen molar-refractivity contribution in [3.63, 3.8) is 0 Å². The van der Waals surface area contributed by atoms with Gasteiger partial charge in [0.05, 0.1) is 5.60 Å². The highest BCUT2D eigenvalue weighted by atomic mass is 16.7. The summed E-state index contributed by atoms with van der Waals surface area (Å²) in [6, 6.07) is 0. The van der Waals surface area contributed by atoms with Crippen molar-refractivity contribution in [2.24, 2.45) is 23.7 Å². The molecule has 8 heteroatoms. The van der Waals surface area contributed by atoms with Crippen molar-refractivity contribution in [1.82, 2.24) is 0 Å². The molecule has 1 saturated heterocycles. The molecule has 0 aromatic carbocycles. The molecule has 5 atom stereocenters. The summed E-state index contributed by atoms with van der Waals surface area (Å²) < 4.78 is 29.2. The molecule has 0 amide bonds. The number of esters is 3. The molecule has 0 aromatic heterocycles. The number of carbonyl (C=O) groups is 3. The predicted molar refractivity (Wildman–Crippen MR) is 108 cm³/mol. The first kappa shape index (κ1) is 22.5. The average molecular weight is 439 g/mol. The third-order valence-electron chi connectivity index (χ3n) is 7.35. The molecule has 4 bridgehead atoms. The van der Waals surface area contributed by atoms with E-state index in [1.807, 2.05) is 6.92 Å². The minimum atomic E-state index is -0.882. The maximum atomic E-state index is 11.8. The van der Waals surface area contributed by atoms with Gasteiger partial charge in [-0.3, -0.25) is 14.4 Å². The van der Waals surface area contributed by atoms with Crippen molar-refractivity contribution in [3.05, 3.63) is 0 Å². The van der Waals surface area contributed by atoms with Gasteiger partial charge in [-0.05, 0) is 56.3 Å². The summed E-state index contributed by atoms with van der Waals surface area (Å²) in [5, 5.41) is 0. The third kappa shape index (κ3) is 4.90. The van der Waals surface area contributed by atoms with Crippen molar-refractivity contribution in [3.8, 4) is 0 Å². The maximum Gasteiger partial charge on any atom is 0.303 e. The van der Waals surface area contributed by atoms with Gasteiger partial charge in [-0.15, -0.1) is 0 Å². The Labute approximate surface area is 183 Å². The van der Waals surface area contributed by atoms with E-state index in [9.17, 15) is 14.4 Å². The Balaban J connectivity index is 1.56. The monoisotopic (exact) mass is 438 g/mol. The molecular weight excluding hydrogens is 404 g/mol. The van der Waals surface area contributed by atoms with Crippen LogP contribution in [0.4, 0.5) is 0 Å². The van der Waals surface area contributed by atoms with Crippen molar-refractivity contribution >= 4 is 17.9 Å². The van der Waals surface area contributed by atoms with Crippen LogP contribution in [-0.4, -0.2) is 54.7 Å². The largest absolute Gasteiger partial charge is 0.463 e. The highest BCUT2D eigenvalue weighted by Crippen LogP contribution is 2.58. The third-order valence-corrected chi connectivity index (χ3v) is 7.35. The lowest BCUT2D eigenvalue weighted by atomic mass is 9.54. The molecule has 5 unspecified atom stereocenters. The number of hydrogen-bond acceptors (Lipinski definition) is 8. The quantitative estimate of drug-likeness (QED) is 0.461. The second-order valence-corrected chi connectivity index (χ2v) is 10.1. The molecule has 4 saturated carbocycles. The lowest BCUT2D eigenvalue weighted by molar-refractivity contribution is -0.330. The van der Waals surface area contributed by atoms with E-state index in [0.717, 1.165) is 19.3 Å². The Morgan fingerprint density at radius 1 is 0.839 bits per heavy atom. The van der Waals surface area contributed by atoms with E-state index in [0.29, 0.717) is 17.8 Å². The molecule has 1 aliphatic heterocycles. The smallest absolute Gasteiger partial charge is 0.303 e. The predicted octanol–water partition coefficient (Wildman–Crippen LogP) is 2.76. The standard InChI is InChI=1S/C23H34O8/c1-12-20(28-14(3)25)21(29-15(4)26)19(11-27-13(2)24)30-22(12)31-23-8-16-5-17(9-23)7-18(6-16)10-23/h12,16-22H,5-11H2,1-4H3. The molecule has 0 spiro atoms. The molecule has 5 aliphatic rings. The van der Waals surface area contributed by atoms with Gasteiger partial charge < -0.3 is 23.7 Å². The van der Waals surface area contributed by atoms with Gasteiger partial charge in [0.1, 0.15) is 18.8 Å². The van der Waals surface area contributed by atoms with Crippen LogP contribution in [0, 0.1) is 23.7 Å². The van der Waals surface area contributed by atoms with Gasteiger partial charge in [-0.2, -0.15) is 0 Å². The molecule has 5 rings (SSSR count). The van der Waals surface area contributed by atoms with Crippen LogP contribution < -0.4 is 0 Å². The SMILES string of the molecule is CC(=O)OCC1OC(OC23CC4CC(CC(C4)C2)C3)C(C)C(OC(C)=O)C1OC(C)=O. The van der Waals surface area contributed by atoms with E-state index in [-0.39, 0.29) is 18.1 Å². The van der Waals surface area contributed by atoms with Gasteiger partial charge in [0.25, 0.3) is 0 Å². The van der Waals surface area contributed by atoms with Crippen LogP contribution >= 0.6 is 0 Å². The topological polar surface area (TPSA) is 97.4 Å². The van der Waals surface area contributed by atoms with Gasteiger partial charge in [0.15, 0.2) is 12.4 Å². The van der Waals surface area contributed by atoms with Crippen LogP contribution in [-0.2, 0) is 38.1 Å². The van der Waals surface area contributed by atoms with Crippen molar-refractivity contribution in [1.29, 1.82) is 0 Å². The van der Waals surface area contributed by atoms with E-state index in [4.69, 9.17) is 23.7 Å². The van der Waals surface area contributed by atoms with Gasteiger partial charge >= 0.3 is 17.9 Å². The van der Waals surface area contributed by atoms with Gasteiger partial charge in [0.2, 0.25) is 0 Å². The second kappa shape index (κ2) is 8.70. The molecule has 8 nitrogen and oxygen atoms in total. The van der Waals surface area contributed by atoms with Crippen LogP contribution in [0.25, 0.3) is 0 Å². The Bertz CT molecular complexity index is 683. The number of rotatable bonds is 6. The Morgan fingerprint density at radius 3 is 1.84 bits per heavy atom. The summed E-state index contributed by atoms with van der Waals surface area (Å²) >= 11 is 0. The number of ether oxygens (including phenoxy) is 5. The molecule has 1 heterocycles. The Morgan fingerprint density at radius 2 is 1.35 bits per heavy atom. The fourth-order valence-electron chi connectivity index (χ4n) is 6.63. The molecule has 4 aliphatic carbocycles. The fourth-order valence-corrected chi connectivity index (χ4v) is 6.63. The number of carbonyl (C=O) groups excluding carboxylic acids is 3. The Kier molecular flexibility index (Phi) is 6.32. The molecule has 31 heavy (non-hydrogen) atoms. The summed E-state index contributed by atoms with van der Waals surface area (Å²) in [5.41, 5.74) is -0.214. The van der Waals surface area contributed by atoms with Gasteiger partial charge in [-0.1, -0.05) is 6.92 Å². The first-order chi connectivity index (χ1) is 14.6. The second-order valence-electron chi connectivity index (χ2n) is 10.1. The van der Waals surface area contributed by atoms with Gasteiger partial charge in [0, 0.05) is 26.7 Å². The van der Waals surface area contributed by atoms with Crippen molar-refractivity contribution in [2.75, 3.05) is 6.61 Å². The zero-order valence-corrected chi connectivity index (χ0v) is 18.8. The fraction of sp³-hybridized carbons (Fsp3) is 0.870. The maximum absolute atomic E-state index is 11.8. The normalized spacial score (nSPS) is 43.4. The summed E-state index contributed by atoms with van der Waals surface area (Å²) in [5.74, 6) is 0.309.